The molecule has 1 atom stereocenters. The maximum atomic E-state index is 12.1. The van der Waals surface area contributed by atoms with Crippen molar-refractivity contribution >= 4 is 40.2 Å². The number of carbonyl (C=O) groups is 1. The molecule has 1 unspecified atom stereocenters. The van der Waals surface area contributed by atoms with Gasteiger partial charge in [0.1, 0.15) is 0 Å². The summed E-state index contributed by atoms with van der Waals surface area (Å²) in [6.07, 6.45) is 3.42. The summed E-state index contributed by atoms with van der Waals surface area (Å²) < 4.78 is 9.55. The van der Waals surface area contributed by atoms with E-state index in [2.05, 4.69) is 64.8 Å². The Morgan fingerprint density at radius 3 is 2.68 bits per heavy atom. The molecule has 0 radical (unpaired) electrons. The fraction of sp³-hybridized carbons (Fsp3) is 0.240. The van der Waals surface area contributed by atoms with E-state index in [-0.39, 0.29) is 11.9 Å². The third kappa shape index (κ3) is 3.56. The molecule has 3 heterocycles. The van der Waals surface area contributed by atoms with Crippen molar-refractivity contribution in [1.82, 2.24) is 9.13 Å². The fourth-order valence-corrected chi connectivity index (χ4v) is 5.95. The number of benzene rings is 2. The van der Waals surface area contributed by atoms with Crippen LogP contribution in [0.5, 0.6) is 0 Å². The van der Waals surface area contributed by atoms with E-state index >= 15 is 0 Å². The van der Waals surface area contributed by atoms with Crippen LogP contribution in [-0.4, -0.2) is 22.2 Å². The zero-order chi connectivity index (χ0) is 21.5. The van der Waals surface area contributed by atoms with Crippen LogP contribution in [0.15, 0.2) is 70.6 Å². The Labute approximate surface area is 190 Å². The van der Waals surface area contributed by atoms with Gasteiger partial charge in [-0.05, 0) is 48.9 Å². The Morgan fingerprint density at radius 1 is 1.16 bits per heavy atom. The van der Waals surface area contributed by atoms with Crippen LogP contribution < -0.4 is 0 Å². The molecule has 2 aromatic carbocycles. The van der Waals surface area contributed by atoms with Crippen LogP contribution in [0.4, 0.5) is 0 Å². The molecule has 0 N–H and O–H groups in total. The molecule has 0 bridgehead atoms. The quantitative estimate of drug-likeness (QED) is 0.325. The summed E-state index contributed by atoms with van der Waals surface area (Å²) in [5.41, 5.74) is 4.84. The van der Waals surface area contributed by atoms with Crippen LogP contribution in [0.3, 0.4) is 0 Å². The van der Waals surface area contributed by atoms with E-state index in [1.165, 1.54) is 39.9 Å². The average molecular weight is 451 g/mol. The van der Waals surface area contributed by atoms with E-state index in [9.17, 15) is 4.79 Å². The number of aryl methyl sites for hydroxylation is 2. The van der Waals surface area contributed by atoms with E-state index in [1.807, 2.05) is 12.1 Å². The lowest BCUT2D eigenvalue weighted by Crippen LogP contribution is -2.07. The number of halogens is 1. The van der Waals surface area contributed by atoms with Crippen molar-refractivity contribution in [3.63, 3.8) is 0 Å². The summed E-state index contributed by atoms with van der Waals surface area (Å²) >= 11 is 7.87. The summed E-state index contributed by atoms with van der Waals surface area (Å²) in [5.74, 6) is -0.00952. The maximum Gasteiger partial charge on any atom is 0.306 e. The maximum absolute atomic E-state index is 12.1. The Hall–Kier alpha value is -2.63. The summed E-state index contributed by atoms with van der Waals surface area (Å²) in [6, 6.07) is 18.7. The van der Waals surface area contributed by atoms with Gasteiger partial charge in [-0.1, -0.05) is 35.5 Å². The molecule has 0 amide bonds. The summed E-state index contributed by atoms with van der Waals surface area (Å²) in [5, 5.41) is 1.97. The predicted molar refractivity (Wildman–Crippen MR) is 126 cm³/mol. The molecule has 0 spiro atoms. The lowest BCUT2D eigenvalue weighted by atomic mass is 9.99. The summed E-state index contributed by atoms with van der Waals surface area (Å²) in [7, 11) is 3.54. The SMILES string of the molecule is COC(=O)CC1CCn2c1c(Sc1ccc(Cl)cc1)c1c(-c3cccn3C)cccc12. The van der Waals surface area contributed by atoms with E-state index < -0.39 is 0 Å². The van der Waals surface area contributed by atoms with Gasteiger partial charge in [-0.15, -0.1) is 0 Å². The van der Waals surface area contributed by atoms with Gasteiger partial charge < -0.3 is 13.9 Å². The first kappa shape index (κ1) is 20.3. The van der Waals surface area contributed by atoms with Gasteiger partial charge in [0.05, 0.1) is 19.0 Å². The van der Waals surface area contributed by atoms with Crippen molar-refractivity contribution < 1.29 is 9.53 Å². The van der Waals surface area contributed by atoms with Gasteiger partial charge >= 0.3 is 5.97 Å². The second kappa shape index (κ2) is 8.13. The Balaban J connectivity index is 1.74. The Bertz CT molecular complexity index is 1270. The smallest absolute Gasteiger partial charge is 0.306 e. The highest BCUT2D eigenvalue weighted by Gasteiger charge is 2.32. The van der Waals surface area contributed by atoms with Crippen molar-refractivity contribution in [2.75, 3.05) is 7.11 Å². The number of hydrogen-bond acceptors (Lipinski definition) is 3. The molecule has 2 aromatic heterocycles. The number of nitrogens with zero attached hydrogens (tertiary/aromatic N) is 2. The van der Waals surface area contributed by atoms with Gasteiger partial charge in [0.15, 0.2) is 0 Å². The van der Waals surface area contributed by atoms with Gasteiger partial charge in [-0.3, -0.25) is 4.79 Å². The van der Waals surface area contributed by atoms with Gasteiger partial charge in [-0.25, -0.2) is 0 Å². The minimum absolute atomic E-state index is 0.149. The van der Waals surface area contributed by atoms with E-state index in [4.69, 9.17) is 16.3 Å². The zero-order valence-corrected chi connectivity index (χ0v) is 19.0. The van der Waals surface area contributed by atoms with Crippen LogP contribution in [0.1, 0.15) is 24.5 Å². The normalized spacial score (nSPS) is 15.4. The largest absolute Gasteiger partial charge is 0.469 e. The molecule has 4 nitrogen and oxygen atoms in total. The van der Waals surface area contributed by atoms with Crippen LogP contribution >= 0.6 is 23.4 Å². The first-order valence-electron chi connectivity index (χ1n) is 10.3. The molecular weight excluding hydrogens is 428 g/mol. The molecule has 6 heteroatoms. The minimum Gasteiger partial charge on any atom is -0.469 e. The second-order valence-electron chi connectivity index (χ2n) is 7.89. The first-order chi connectivity index (χ1) is 15.1. The van der Waals surface area contributed by atoms with Crippen LogP contribution in [-0.2, 0) is 23.1 Å². The first-order valence-corrected chi connectivity index (χ1v) is 11.5. The summed E-state index contributed by atoms with van der Waals surface area (Å²) in [4.78, 5) is 14.5. The van der Waals surface area contributed by atoms with Crippen molar-refractivity contribution in [2.24, 2.45) is 7.05 Å². The molecule has 1 aliphatic rings. The molecule has 5 rings (SSSR count). The molecule has 0 aliphatic carbocycles. The number of fused-ring (bicyclic) bond motifs is 3. The highest BCUT2D eigenvalue weighted by atomic mass is 35.5. The number of methoxy groups -OCH3 is 1. The minimum atomic E-state index is -0.159. The Morgan fingerprint density at radius 2 is 1.97 bits per heavy atom. The van der Waals surface area contributed by atoms with Gasteiger partial charge in [0.2, 0.25) is 0 Å². The number of rotatable bonds is 5. The van der Waals surface area contributed by atoms with Gasteiger partial charge in [0, 0.05) is 62.9 Å². The molecule has 0 saturated heterocycles. The molecule has 158 valence electrons. The number of esters is 1. The number of ether oxygens (including phenoxy) is 1. The molecule has 1 aliphatic heterocycles. The third-order valence-corrected chi connectivity index (χ3v) is 7.44. The average Bonchev–Trinajstić information content (AvgIpc) is 3.46. The Kier molecular flexibility index (Phi) is 5.32. The standard InChI is InChI=1S/C25H23ClN2O2S/c1-27-13-4-7-20(27)19-5-3-6-21-23(19)25(31-18-10-8-17(26)9-11-18)24-16(12-14-28(21)24)15-22(29)30-2/h3-11,13,16H,12,14-15H2,1-2H3. The van der Waals surface area contributed by atoms with E-state index in [1.54, 1.807) is 11.8 Å². The number of carbonyl (C=O) groups excluding carboxylic acids is 1. The van der Waals surface area contributed by atoms with E-state index in [0.717, 1.165) is 22.9 Å². The topological polar surface area (TPSA) is 36.2 Å². The highest BCUT2D eigenvalue weighted by Crippen LogP contribution is 2.49. The van der Waals surface area contributed by atoms with Crippen molar-refractivity contribution in [3.8, 4) is 11.3 Å². The van der Waals surface area contributed by atoms with Gasteiger partial charge in [0.25, 0.3) is 0 Å². The van der Waals surface area contributed by atoms with Crippen molar-refractivity contribution in [2.45, 2.75) is 35.1 Å². The van der Waals surface area contributed by atoms with Crippen molar-refractivity contribution in [3.05, 3.63) is 71.5 Å². The lowest BCUT2D eigenvalue weighted by molar-refractivity contribution is -0.141. The zero-order valence-electron chi connectivity index (χ0n) is 17.5. The lowest BCUT2D eigenvalue weighted by Gasteiger charge is -2.13. The monoisotopic (exact) mass is 450 g/mol. The number of aromatic nitrogens is 2. The second-order valence-corrected chi connectivity index (χ2v) is 9.41. The van der Waals surface area contributed by atoms with E-state index in [0.29, 0.717) is 6.42 Å². The third-order valence-electron chi connectivity index (χ3n) is 6.07. The molecular formula is C25H23ClN2O2S. The molecule has 0 saturated carbocycles. The number of hydrogen-bond donors (Lipinski definition) is 0. The van der Waals surface area contributed by atoms with Crippen LogP contribution in [0, 0.1) is 0 Å². The van der Waals surface area contributed by atoms with Gasteiger partial charge in [-0.2, -0.15) is 0 Å². The van der Waals surface area contributed by atoms with Crippen molar-refractivity contribution in [1.29, 1.82) is 0 Å². The molecule has 4 aromatic rings. The molecule has 0 fully saturated rings. The fourth-order valence-electron chi connectivity index (χ4n) is 4.61. The predicted octanol–water partition coefficient (Wildman–Crippen LogP) is 6.50. The van der Waals surface area contributed by atoms with Crippen LogP contribution in [0.2, 0.25) is 5.02 Å². The highest BCUT2D eigenvalue weighted by molar-refractivity contribution is 7.99. The van der Waals surface area contributed by atoms with Crippen LogP contribution in [0.25, 0.3) is 22.2 Å². The molecule has 31 heavy (non-hydrogen) atoms. The summed E-state index contributed by atoms with van der Waals surface area (Å²) in [6.45, 7) is 0.908.